The van der Waals surface area contributed by atoms with Crippen LogP contribution in [0.4, 0.5) is 14.5 Å². The van der Waals surface area contributed by atoms with Gasteiger partial charge < -0.3 is 10.6 Å². The highest BCUT2D eigenvalue weighted by Crippen LogP contribution is 2.42. The second kappa shape index (κ2) is 7.31. The Balaban J connectivity index is 1.62. The maximum atomic E-state index is 13.6. The fraction of sp³-hybridized carbons (Fsp3) is 0.333. The van der Waals surface area contributed by atoms with Gasteiger partial charge in [-0.25, -0.2) is 8.78 Å². The van der Waals surface area contributed by atoms with Crippen LogP contribution in [0.25, 0.3) is 0 Å². The van der Waals surface area contributed by atoms with Crippen LogP contribution in [0.3, 0.4) is 0 Å². The number of anilines is 1. The second-order valence-electron chi connectivity index (χ2n) is 6.23. The van der Waals surface area contributed by atoms with Gasteiger partial charge in [0.15, 0.2) is 0 Å². The molecule has 0 saturated heterocycles. The van der Waals surface area contributed by atoms with Crippen molar-refractivity contribution in [2.75, 3.05) is 11.9 Å². The minimum Gasteiger partial charge on any atom is -0.347 e. The summed E-state index contributed by atoms with van der Waals surface area (Å²) in [6.45, 7) is 0.367. The highest BCUT2D eigenvalue weighted by molar-refractivity contribution is 7.10. The largest absolute Gasteiger partial charge is 0.347 e. The van der Waals surface area contributed by atoms with Gasteiger partial charge in [-0.3, -0.25) is 9.59 Å². The minimum atomic E-state index is -0.968. The van der Waals surface area contributed by atoms with Crippen LogP contribution in [0.2, 0.25) is 0 Å². The molecular weight excluding hydrogens is 346 g/mol. The van der Waals surface area contributed by atoms with Crippen LogP contribution >= 0.6 is 11.3 Å². The molecule has 1 fully saturated rings. The van der Waals surface area contributed by atoms with Crippen molar-refractivity contribution in [2.24, 2.45) is 0 Å². The summed E-state index contributed by atoms with van der Waals surface area (Å²) in [5.74, 6) is -3.47. The molecule has 132 valence electrons. The van der Waals surface area contributed by atoms with E-state index in [1.54, 1.807) is 11.3 Å². The third-order valence-electron chi connectivity index (χ3n) is 4.58. The first-order valence-corrected chi connectivity index (χ1v) is 8.96. The number of rotatable bonds is 4. The smallest absolute Gasteiger partial charge is 0.313 e. The number of benzene rings is 1. The fourth-order valence-electron chi connectivity index (χ4n) is 3.24. The van der Waals surface area contributed by atoms with Crippen LogP contribution < -0.4 is 10.6 Å². The van der Waals surface area contributed by atoms with Crippen molar-refractivity contribution in [3.05, 3.63) is 52.2 Å². The molecule has 1 aliphatic carbocycles. The number of thiophene rings is 1. The maximum absolute atomic E-state index is 13.6. The number of hydrogen-bond acceptors (Lipinski definition) is 3. The van der Waals surface area contributed by atoms with Crippen molar-refractivity contribution in [1.82, 2.24) is 5.32 Å². The molecule has 0 spiro atoms. The third-order valence-corrected chi connectivity index (χ3v) is 5.69. The van der Waals surface area contributed by atoms with Crippen LogP contribution in [0.5, 0.6) is 0 Å². The Morgan fingerprint density at radius 2 is 1.88 bits per heavy atom. The average molecular weight is 364 g/mol. The zero-order valence-corrected chi connectivity index (χ0v) is 14.3. The lowest BCUT2D eigenvalue weighted by Gasteiger charge is -2.28. The van der Waals surface area contributed by atoms with E-state index >= 15 is 0 Å². The van der Waals surface area contributed by atoms with Gasteiger partial charge in [0.25, 0.3) is 0 Å². The van der Waals surface area contributed by atoms with Crippen molar-refractivity contribution in [3.63, 3.8) is 0 Å². The fourth-order valence-corrected chi connectivity index (χ4v) is 4.23. The Kier molecular flexibility index (Phi) is 5.13. The van der Waals surface area contributed by atoms with Crippen molar-refractivity contribution in [3.8, 4) is 0 Å². The van der Waals surface area contributed by atoms with Gasteiger partial charge in [0.05, 0.1) is 5.69 Å². The minimum absolute atomic E-state index is 0.134. The number of carbonyl (C=O) groups is 2. The average Bonchev–Trinajstić information content (AvgIpc) is 3.27. The van der Waals surface area contributed by atoms with Crippen molar-refractivity contribution in [1.29, 1.82) is 0 Å². The van der Waals surface area contributed by atoms with E-state index in [9.17, 15) is 18.4 Å². The normalized spacial score (nSPS) is 15.8. The first kappa shape index (κ1) is 17.5. The molecule has 1 aromatic carbocycles. The van der Waals surface area contributed by atoms with Crippen LogP contribution in [0.1, 0.15) is 30.6 Å². The van der Waals surface area contributed by atoms with Crippen LogP contribution in [-0.4, -0.2) is 18.4 Å². The van der Waals surface area contributed by atoms with E-state index in [4.69, 9.17) is 0 Å². The Morgan fingerprint density at radius 1 is 1.12 bits per heavy atom. The molecule has 3 rings (SSSR count). The molecule has 2 amide bonds. The Labute approximate surface area is 148 Å². The molecule has 7 heteroatoms. The zero-order chi connectivity index (χ0) is 17.9. The highest BCUT2D eigenvalue weighted by atomic mass is 32.1. The van der Waals surface area contributed by atoms with Crippen molar-refractivity contribution in [2.45, 2.75) is 31.1 Å². The van der Waals surface area contributed by atoms with Crippen molar-refractivity contribution < 1.29 is 18.4 Å². The molecule has 0 unspecified atom stereocenters. The summed E-state index contributed by atoms with van der Waals surface area (Å²) in [5, 5.41) is 6.83. The topological polar surface area (TPSA) is 58.2 Å². The molecule has 0 bridgehead atoms. The Hall–Kier alpha value is -2.28. The standard InChI is InChI=1S/C18H18F2N2O2S/c19-12-5-6-14(13(20)10-12)22-17(24)16(23)21-11-18(7-1-2-8-18)15-4-3-9-25-15/h3-6,9-10H,1-2,7-8,11H2,(H,21,23)(H,22,24). The van der Waals surface area contributed by atoms with Crippen LogP contribution in [-0.2, 0) is 15.0 Å². The molecule has 1 aliphatic rings. The van der Waals surface area contributed by atoms with E-state index in [1.165, 1.54) is 4.88 Å². The first-order chi connectivity index (χ1) is 12.0. The molecule has 1 heterocycles. The molecule has 0 atom stereocenters. The van der Waals surface area contributed by atoms with E-state index < -0.39 is 23.4 Å². The highest BCUT2D eigenvalue weighted by Gasteiger charge is 2.37. The lowest BCUT2D eigenvalue weighted by molar-refractivity contribution is -0.136. The summed E-state index contributed by atoms with van der Waals surface area (Å²) >= 11 is 1.65. The Bertz CT molecular complexity index is 771. The van der Waals surface area contributed by atoms with Crippen LogP contribution in [0, 0.1) is 11.6 Å². The number of halogens is 2. The van der Waals surface area contributed by atoms with Crippen LogP contribution in [0.15, 0.2) is 35.7 Å². The van der Waals surface area contributed by atoms with E-state index in [0.29, 0.717) is 12.6 Å². The van der Waals surface area contributed by atoms with Gasteiger partial charge >= 0.3 is 11.8 Å². The number of carbonyl (C=O) groups excluding carboxylic acids is 2. The van der Waals surface area contributed by atoms with E-state index in [2.05, 4.69) is 16.7 Å². The lowest BCUT2D eigenvalue weighted by Crippen LogP contribution is -2.43. The summed E-state index contributed by atoms with van der Waals surface area (Å²) in [6, 6.07) is 6.78. The van der Waals surface area contributed by atoms with Gasteiger partial charge in [-0.1, -0.05) is 18.9 Å². The predicted octanol–water partition coefficient (Wildman–Crippen LogP) is 3.59. The molecule has 25 heavy (non-hydrogen) atoms. The van der Waals surface area contributed by atoms with E-state index in [-0.39, 0.29) is 11.1 Å². The maximum Gasteiger partial charge on any atom is 0.313 e. The van der Waals surface area contributed by atoms with E-state index in [0.717, 1.165) is 37.8 Å². The number of nitrogens with one attached hydrogen (secondary N) is 2. The quantitative estimate of drug-likeness (QED) is 0.815. The molecule has 2 N–H and O–H groups in total. The summed E-state index contributed by atoms with van der Waals surface area (Å²) in [4.78, 5) is 25.2. The summed E-state index contributed by atoms with van der Waals surface area (Å²) in [7, 11) is 0. The third kappa shape index (κ3) is 3.87. The molecule has 4 nitrogen and oxygen atoms in total. The first-order valence-electron chi connectivity index (χ1n) is 8.08. The molecule has 1 saturated carbocycles. The van der Waals surface area contributed by atoms with E-state index in [1.807, 2.05) is 11.4 Å². The number of hydrogen-bond donors (Lipinski definition) is 2. The number of amides is 2. The SMILES string of the molecule is O=C(NCC1(c2cccs2)CCCC1)C(=O)Nc1ccc(F)cc1F. The van der Waals surface area contributed by atoms with Gasteiger partial charge in [-0.2, -0.15) is 0 Å². The van der Waals surface area contributed by atoms with Gasteiger partial charge in [0, 0.05) is 22.9 Å². The van der Waals surface area contributed by atoms with Crippen molar-refractivity contribution >= 4 is 28.8 Å². The molecule has 1 aromatic heterocycles. The Morgan fingerprint density at radius 3 is 2.52 bits per heavy atom. The lowest BCUT2D eigenvalue weighted by atomic mass is 9.84. The van der Waals surface area contributed by atoms with Gasteiger partial charge in [-0.15, -0.1) is 11.3 Å². The van der Waals surface area contributed by atoms with Gasteiger partial charge in [0.1, 0.15) is 11.6 Å². The molecular formula is C18H18F2N2O2S. The molecule has 0 radical (unpaired) electrons. The summed E-state index contributed by atoms with van der Waals surface area (Å²) in [5.41, 5.74) is -0.360. The zero-order valence-electron chi connectivity index (χ0n) is 13.5. The predicted molar refractivity (Wildman–Crippen MR) is 92.5 cm³/mol. The monoisotopic (exact) mass is 364 g/mol. The summed E-state index contributed by atoms with van der Waals surface area (Å²) < 4.78 is 26.5. The van der Waals surface area contributed by atoms with Gasteiger partial charge in [-0.05, 0) is 36.4 Å². The molecule has 0 aliphatic heterocycles. The van der Waals surface area contributed by atoms with Gasteiger partial charge in [0.2, 0.25) is 0 Å². The summed E-state index contributed by atoms with van der Waals surface area (Å²) in [6.07, 6.45) is 4.09. The second-order valence-corrected chi connectivity index (χ2v) is 7.17. The molecule has 2 aromatic rings.